The number of hydrogen-bond acceptors (Lipinski definition) is 6. The van der Waals surface area contributed by atoms with Gasteiger partial charge < -0.3 is 15.2 Å². The molecule has 1 aromatic rings. The van der Waals surface area contributed by atoms with Crippen LogP contribution in [0.3, 0.4) is 0 Å². The van der Waals surface area contributed by atoms with Crippen molar-refractivity contribution in [2.45, 2.75) is 40.2 Å². The molecule has 2 N–H and O–H groups in total. The fraction of sp³-hybridized carbons (Fsp3) is 0.800. The van der Waals surface area contributed by atoms with Crippen LogP contribution in [0.2, 0.25) is 0 Å². The normalized spacial score (nSPS) is 17.0. The molecule has 1 amide bonds. The predicted molar refractivity (Wildman–Crippen MR) is 83.0 cm³/mol. The molecule has 0 bridgehead atoms. The predicted octanol–water partition coefficient (Wildman–Crippen LogP) is 0.787. The lowest BCUT2D eigenvalue weighted by Gasteiger charge is -2.40. The van der Waals surface area contributed by atoms with Gasteiger partial charge in [-0.1, -0.05) is 19.0 Å². The first-order valence-corrected chi connectivity index (χ1v) is 8.05. The van der Waals surface area contributed by atoms with Crippen molar-refractivity contribution in [3.8, 4) is 0 Å². The third-order valence-corrected chi connectivity index (χ3v) is 4.79. The second-order valence-electron chi connectivity index (χ2n) is 5.99. The van der Waals surface area contributed by atoms with Crippen LogP contribution in [0.4, 0.5) is 0 Å². The molecule has 1 fully saturated rings. The summed E-state index contributed by atoms with van der Waals surface area (Å²) in [5.74, 6) is 1.49. The number of hydrogen-bond donors (Lipinski definition) is 1. The van der Waals surface area contributed by atoms with Gasteiger partial charge in [-0.25, -0.2) is 0 Å². The summed E-state index contributed by atoms with van der Waals surface area (Å²) in [6.45, 7) is 10.1. The van der Waals surface area contributed by atoms with E-state index in [0.717, 1.165) is 39.0 Å². The van der Waals surface area contributed by atoms with Crippen LogP contribution in [0.5, 0.6) is 0 Å². The number of nitrogens with zero attached hydrogens (tertiary/aromatic N) is 4. The standard InChI is InChI=1S/C15H27N5O2/c1-4-15(5-2,11-16)14(21)20-8-6-19(7-9-20)10-13-17-12(3)22-18-13/h4-11,16H2,1-3H3. The fourth-order valence-electron chi connectivity index (χ4n) is 2.98. The first kappa shape index (κ1) is 16.9. The van der Waals surface area contributed by atoms with Crippen molar-refractivity contribution in [3.63, 3.8) is 0 Å². The molecule has 0 aliphatic carbocycles. The lowest BCUT2D eigenvalue weighted by atomic mass is 9.81. The van der Waals surface area contributed by atoms with Crippen molar-refractivity contribution >= 4 is 5.91 Å². The Hall–Kier alpha value is -1.47. The molecule has 0 atom stereocenters. The van der Waals surface area contributed by atoms with Gasteiger partial charge in [-0.15, -0.1) is 0 Å². The topological polar surface area (TPSA) is 88.5 Å². The van der Waals surface area contributed by atoms with E-state index in [1.54, 1.807) is 6.92 Å². The Bertz CT molecular complexity index is 482. The molecule has 0 radical (unpaired) electrons. The number of rotatable bonds is 6. The van der Waals surface area contributed by atoms with Crippen molar-refractivity contribution in [1.82, 2.24) is 19.9 Å². The number of nitrogens with two attached hydrogens (primary N) is 1. The van der Waals surface area contributed by atoms with Crippen LogP contribution in [0.1, 0.15) is 38.4 Å². The summed E-state index contributed by atoms with van der Waals surface area (Å²) in [6.07, 6.45) is 1.59. The average Bonchev–Trinajstić information content (AvgIpc) is 2.95. The van der Waals surface area contributed by atoms with Crippen molar-refractivity contribution < 1.29 is 9.32 Å². The largest absolute Gasteiger partial charge is 0.340 e. The number of piperazine rings is 1. The summed E-state index contributed by atoms with van der Waals surface area (Å²) in [5.41, 5.74) is 5.49. The van der Waals surface area contributed by atoms with E-state index in [9.17, 15) is 4.79 Å². The summed E-state index contributed by atoms with van der Waals surface area (Å²) >= 11 is 0. The summed E-state index contributed by atoms with van der Waals surface area (Å²) in [5, 5.41) is 3.92. The van der Waals surface area contributed by atoms with Gasteiger partial charge in [0.15, 0.2) is 5.82 Å². The molecular weight excluding hydrogens is 282 g/mol. The maximum absolute atomic E-state index is 12.8. The van der Waals surface area contributed by atoms with Crippen LogP contribution >= 0.6 is 0 Å². The maximum atomic E-state index is 12.8. The van der Waals surface area contributed by atoms with Crippen molar-refractivity contribution in [3.05, 3.63) is 11.7 Å². The molecule has 124 valence electrons. The van der Waals surface area contributed by atoms with Crippen LogP contribution in [0.15, 0.2) is 4.52 Å². The van der Waals surface area contributed by atoms with Gasteiger partial charge in [-0.3, -0.25) is 9.69 Å². The lowest BCUT2D eigenvalue weighted by molar-refractivity contribution is -0.144. The van der Waals surface area contributed by atoms with Gasteiger partial charge in [-0.2, -0.15) is 4.98 Å². The smallest absolute Gasteiger partial charge is 0.230 e. The molecule has 1 aliphatic heterocycles. The van der Waals surface area contributed by atoms with Crippen LogP contribution in [-0.4, -0.2) is 58.6 Å². The van der Waals surface area contributed by atoms with E-state index in [0.29, 0.717) is 24.8 Å². The quantitative estimate of drug-likeness (QED) is 0.835. The molecule has 22 heavy (non-hydrogen) atoms. The molecule has 1 aromatic heterocycles. The first-order valence-electron chi connectivity index (χ1n) is 8.05. The van der Waals surface area contributed by atoms with Gasteiger partial charge >= 0.3 is 0 Å². The van der Waals surface area contributed by atoms with E-state index in [1.165, 1.54) is 0 Å². The minimum absolute atomic E-state index is 0.204. The molecule has 1 aliphatic rings. The average molecular weight is 309 g/mol. The lowest BCUT2D eigenvalue weighted by Crippen LogP contribution is -2.54. The highest BCUT2D eigenvalue weighted by Crippen LogP contribution is 2.28. The van der Waals surface area contributed by atoms with Gasteiger partial charge in [0.1, 0.15) is 0 Å². The van der Waals surface area contributed by atoms with Crippen molar-refractivity contribution in [2.24, 2.45) is 11.1 Å². The van der Waals surface area contributed by atoms with Gasteiger partial charge in [0.25, 0.3) is 0 Å². The number of carbonyl (C=O) groups is 1. The van der Waals surface area contributed by atoms with E-state index in [-0.39, 0.29) is 5.91 Å². The van der Waals surface area contributed by atoms with E-state index in [1.807, 2.05) is 18.7 Å². The Morgan fingerprint density at radius 1 is 1.27 bits per heavy atom. The zero-order chi connectivity index (χ0) is 16.2. The van der Waals surface area contributed by atoms with Crippen molar-refractivity contribution in [2.75, 3.05) is 32.7 Å². The Morgan fingerprint density at radius 3 is 2.36 bits per heavy atom. The molecule has 7 nitrogen and oxygen atoms in total. The fourth-order valence-corrected chi connectivity index (χ4v) is 2.98. The molecule has 7 heteroatoms. The van der Waals surface area contributed by atoms with Crippen LogP contribution < -0.4 is 5.73 Å². The van der Waals surface area contributed by atoms with E-state index >= 15 is 0 Å². The van der Waals surface area contributed by atoms with Gasteiger partial charge in [0.05, 0.1) is 12.0 Å². The first-order chi connectivity index (χ1) is 10.5. The summed E-state index contributed by atoms with van der Waals surface area (Å²) in [4.78, 5) is 21.2. The molecule has 0 aromatic carbocycles. The number of carbonyl (C=O) groups excluding carboxylic acids is 1. The van der Waals surface area contributed by atoms with Crippen LogP contribution in [-0.2, 0) is 11.3 Å². The highest BCUT2D eigenvalue weighted by atomic mass is 16.5. The van der Waals surface area contributed by atoms with E-state index < -0.39 is 5.41 Å². The zero-order valence-electron chi connectivity index (χ0n) is 13.8. The molecule has 0 unspecified atom stereocenters. The Morgan fingerprint density at radius 2 is 1.91 bits per heavy atom. The summed E-state index contributed by atoms with van der Waals surface area (Å²) < 4.78 is 4.99. The van der Waals surface area contributed by atoms with Gasteiger partial charge in [0, 0.05) is 39.6 Å². The maximum Gasteiger partial charge on any atom is 0.230 e. The number of amides is 1. The molecule has 2 rings (SSSR count). The molecule has 0 saturated carbocycles. The van der Waals surface area contributed by atoms with E-state index in [4.69, 9.17) is 10.3 Å². The molecule has 0 spiro atoms. The highest BCUT2D eigenvalue weighted by molar-refractivity contribution is 5.83. The number of aryl methyl sites for hydroxylation is 1. The monoisotopic (exact) mass is 309 g/mol. The van der Waals surface area contributed by atoms with Gasteiger partial charge in [-0.05, 0) is 12.8 Å². The highest BCUT2D eigenvalue weighted by Gasteiger charge is 2.37. The number of aromatic nitrogens is 2. The molecule has 2 heterocycles. The zero-order valence-corrected chi connectivity index (χ0v) is 13.8. The molecule has 1 saturated heterocycles. The Labute approximate surface area is 131 Å². The SMILES string of the molecule is CCC(CC)(CN)C(=O)N1CCN(Cc2noc(C)n2)CC1. The van der Waals surface area contributed by atoms with Crippen molar-refractivity contribution in [1.29, 1.82) is 0 Å². The second-order valence-corrected chi connectivity index (χ2v) is 5.99. The Kier molecular flexibility index (Phi) is 5.52. The van der Waals surface area contributed by atoms with Gasteiger partial charge in [0.2, 0.25) is 11.8 Å². The second kappa shape index (κ2) is 7.19. The van der Waals surface area contributed by atoms with Crippen LogP contribution in [0, 0.1) is 12.3 Å². The third kappa shape index (κ3) is 3.47. The summed E-state index contributed by atoms with van der Waals surface area (Å²) in [7, 11) is 0. The third-order valence-electron chi connectivity index (χ3n) is 4.79. The Balaban J connectivity index is 1.90. The van der Waals surface area contributed by atoms with E-state index in [2.05, 4.69) is 15.0 Å². The molecular formula is C15H27N5O2. The van der Waals surface area contributed by atoms with Crippen LogP contribution in [0.25, 0.3) is 0 Å². The minimum atomic E-state index is -0.396. The summed E-state index contributed by atoms with van der Waals surface area (Å²) in [6, 6.07) is 0. The minimum Gasteiger partial charge on any atom is -0.340 e.